The van der Waals surface area contributed by atoms with E-state index in [1.165, 1.54) is 27.3 Å². The predicted octanol–water partition coefficient (Wildman–Crippen LogP) is 3.93. The maximum Gasteiger partial charge on any atom is 0.573 e. The highest BCUT2D eigenvalue weighted by molar-refractivity contribution is 7.89. The van der Waals surface area contributed by atoms with E-state index < -0.39 is 27.7 Å². The molecular weight excluding hydrogens is 445 g/mol. The third kappa shape index (κ3) is 4.35. The summed E-state index contributed by atoms with van der Waals surface area (Å²) in [6, 6.07) is 4.03. The zero-order valence-corrected chi connectivity index (χ0v) is 19.2. The van der Waals surface area contributed by atoms with E-state index in [4.69, 9.17) is 0 Å². The van der Waals surface area contributed by atoms with Crippen LogP contribution in [0.2, 0.25) is 0 Å². The molecule has 0 radical (unpaired) electrons. The lowest BCUT2D eigenvalue weighted by Crippen LogP contribution is -2.62. The molecule has 0 aliphatic heterocycles. The summed E-state index contributed by atoms with van der Waals surface area (Å²) in [6.45, 7) is 3.08. The van der Waals surface area contributed by atoms with E-state index in [0.717, 1.165) is 66.1 Å². The van der Waals surface area contributed by atoms with E-state index in [1.807, 2.05) is 0 Å². The van der Waals surface area contributed by atoms with Crippen LogP contribution in [0.15, 0.2) is 29.2 Å². The third-order valence-corrected chi connectivity index (χ3v) is 9.63. The summed E-state index contributed by atoms with van der Waals surface area (Å²) in [4.78, 5) is 13.0. The second-order valence-electron chi connectivity index (χ2n) is 9.98. The molecule has 0 unspecified atom stereocenters. The van der Waals surface area contributed by atoms with Gasteiger partial charge in [0.25, 0.3) is 0 Å². The smallest absolute Gasteiger partial charge is 0.406 e. The van der Waals surface area contributed by atoms with Crippen LogP contribution in [0.1, 0.15) is 46.0 Å². The summed E-state index contributed by atoms with van der Waals surface area (Å²) in [5, 5.41) is 3.15. The van der Waals surface area contributed by atoms with Crippen molar-refractivity contribution in [3.63, 3.8) is 0 Å². The number of halogens is 3. The minimum absolute atomic E-state index is 0.0736. The van der Waals surface area contributed by atoms with Crippen LogP contribution in [-0.4, -0.2) is 43.6 Å². The van der Waals surface area contributed by atoms with Gasteiger partial charge in [0.2, 0.25) is 15.9 Å². The maximum absolute atomic E-state index is 13.2. The normalized spacial score (nSPS) is 29.9. The number of alkyl halides is 3. The molecule has 178 valence electrons. The number of ether oxygens (including phenoxy) is 1. The SMILES string of the molecule is CN(C(C)(C)C(=O)NC1C2CC3CC(C2)CC1C3)S(=O)(=O)c1ccc(OC(F)(F)F)cc1. The van der Waals surface area contributed by atoms with Crippen LogP contribution >= 0.6 is 0 Å². The van der Waals surface area contributed by atoms with Gasteiger partial charge < -0.3 is 10.1 Å². The van der Waals surface area contributed by atoms with Gasteiger partial charge in [0, 0.05) is 13.1 Å². The fourth-order valence-electron chi connectivity index (χ4n) is 5.90. The molecule has 4 aliphatic carbocycles. The highest BCUT2D eigenvalue weighted by atomic mass is 32.2. The van der Waals surface area contributed by atoms with Crippen molar-refractivity contribution in [2.75, 3.05) is 7.05 Å². The van der Waals surface area contributed by atoms with Crippen molar-refractivity contribution < 1.29 is 31.1 Å². The molecule has 4 saturated carbocycles. The molecule has 0 atom stereocenters. The second-order valence-corrected chi connectivity index (χ2v) is 11.9. The number of amides is 1. The van der Waals surface area contributed by atoms with E-state index in [2.05, 4.69) is 10.1 Å². The second kappa shape index (κ2) is 7.90. The number of hydrogen-bond donors (Lipinski definition) is 1. The minimum atomic E-state index is -4.87. The molecule has 32 heavy (non-hydrogen) atoms. The average Bonchev–Trinajstić information content (AvgIpc) is 2.68. The molecule has 0 heterocycles. The van der Waals surface area contributed by atoms with Gasteiger partial charge in [-0.05, 0) is 93.9 Å². The summed E-state index contributed by atoms with van der Waals surface area (Å²) in [5.74, 6) is 1.54. The zero-order chi connectivity index (χ0) is 23.5. The van der Waals surface area contributed by atoms with Crippen LogP contribution in [0.5, 0.6) is 5.75 Å². The van der Waals surface area contributed by atoms with Crippen molar-refractivity contribution in [3.8, 4) is 5.75 Å². The van der Waals surface area contributed by atoms with Gasteiger partial charge in [0.15, 0.2) is 0 Å². The molecule has 4 bridgehead atoms. The Kier molecular flexibility index (Phi) is 5.76. The van der Waals surface area contributed by atoms with Gasteiger partial charge in [0.1, 0.15) is 11.3 Å². The van der Waals surface area contributed by atoms with Crippen molar-refractivity contribution in [3.05, 3.63) is 24.3 Å². The van der Waals surface area contributed by atoms with Gasteiger partial charge in [-0.1, -0.05) is 0 Å². The first-order valence-electron chi connectivity index (χ1n) is 10.9. The molecule has 1 N–H and O–H groups in total. The molecular formula is C22H29F3N2O4S. The monoisotopic (exact) mass is 474 g/mol. The Hall–Kier alpha value is -1.81. The highest BCUT2D eigenvalue weighted by Crippen LogP contribution is 2.53. The van der Waals surface area contributed by atoms with Gasteiger partial charge in [-0.3, -0.25) is 4.79 Å². The fraction of sp³-hybridized carbons (Fsp3) is 0.682. The molecule has 6 nitrogen and oxygen atoms in total. The van der Waals surface area contributed by atoms with E-state index in [1.54, 1.807) is 0 Å². The van der Waals surface area contributed by atoms with Crippen LogP contribution in [0.25, 0.3) is 0 Å². The molecule has 1 aromatic carbocycles. The zero-order valence-electron chi connectivity index (χ0n) is 18.4. The van der Waals surface area contributed by atoms with Crippen LogP contribution in [0.4, 0.5) is 13.2 Å². The van der Waals surface area contributed by atoms with Crippen LogP contribution in [-0.2, 0) is 14.8 Å². The number of nitrogens with one attached hydrogen (secondary N) is 1. The summed E-state index contributed by atoms with van der Waals surface area (Å²) in [5.41, 5.74) is -1.38. The largest absolute Gasteiger partial charge is 0.573 e. The molecule has 0 spiro atoms. The van der Waals surface area contributed by atoms with Gasteiger partial charge >= 0.3 is 6.36 Å². The summed E-state index contributed by atoms with van der Waals surface area (Å²) < 4.78 is 68.0. The molecule has 1 amide bonds. The summed E-state index contributed by atoms with van der Waals surface area (Å²) in [7, 11) is -2.82. The van der Waals surface area contributed by atoms with Crippen molar-refractivity contribution in [1.29, 1.82) is 0 Å². The van der Waals surface area contributed by atoms with Crippen LogP contribution < -0.4 is 10.1 Å². The van der Waals surface area contributed by atoms with Crippen molar-refractivity contribution in [2.45, 2.75) is 68.8 Å². The number of carbonyl (C=O) groups is 1. The third-order valence-electron chi connectivity index (χ3n) is 7.58. The van der Waals surface area contributed by atoms with E-state index in [-0.39, 0.29) is 16.8 Å². The Morgan fingerprint density at radius 1 is 1.00 bits per heavy atom. The number of benzene rings is 1. The Bertz CT molecular complexity index is 948. The lowest BCUT2D eigenvalue weighted by atomic mass is 9.54. The number of nitrogens with zero attached hydrogens (tertiary/aromatic N) is 1. The minimum Gasteiger partial charge on any atom is -0.406 e. The number of hydrogen-bond acceptors (Lipinski definition) is 4. The fourth-order valence-corrected chi connectivity index (χ4v) is 7.38. The van der Waals surface area contributed by atoms with Crippen LogP contribution in [0.3, 0.4) is 0 Å². The van der Waals surface area contributed by atoms with Gasteiger partial charge in [0.05, 0.1) is 4.90 Å². The molecule has 10 heteroatoms. The van der Waals surface area contributed by atoms with Crippen molar-refractivity contribution in [1.82, 2.24) is 9.62 Å². The number of sulfonamides is 1. The quantitative estimate of drug-likeness (QED) is 0.678. The first-order chi connectivity index (χ1) is 14.8. The van der Waals surface area contributed by atoms with Gasteiger partial charge in [-0.25, -0.2) is 8.42 Å². The molecule has 0 aromatic heterocycles. The molecule has 0 saturated heterocycles. The van der Waals surface area contributed by atoms with Crippen molar-refractivity contribution in [2.24, 2.45) is 23.7 Å². The topological polar surface area (TPSA) is 75.7 Å². The lowest BCUT2D eigenvalue weighted by molar-refractivity contribution is -0.274. The number of carbonyl (C=O) groups excluding carboxylic acids is 1. The average molecular weight is 475 g/mol. The first-order valence-corrected chi connectivity index (χ1v) is 12.4. The standard InChI is InChI=1S/C22H29F3N2O4S/c1-21(2,20(28)26-19-15-9-13-8-14(11-15)12-16(19)10-13)27(3)32(29,30)18-6-4-17(5-7-18)31-22(23,24)25/h4-7,13-16,19H,8-12H2,1-3H3,(H,26,28). The van der Waals surface area contributed by atoms with E-state index in [0.29, 0.717) is 11.8 Å². The Balaban J connectivity index is 1.47. The first kappa shape index (κ1) is 23.4. The molecule has 1 aromatic rings. The predicted molar refractivity (Wildman–Crippen MR) is 111 cm³/mol. The Labute approximate surface area is 186 Å². The van der Waals surface area contributed by atoms with Crippen LogP contribution in [0, 0.1) is 23.7 Å². The summed E-state index contributed by atoms with van der Waals surface area (Å²) in [6.07, 6.45) is 0.928. The van der Waals surface area contributed by atoms with Gasteiger partial charge in [-0.2, -0.15) is 4.31 Å². The highest BCUT2D eigenvalue weighted by Gasteiger charge is 2.50. The Morgan fingerprint density at radius 2 is 1.50 bits per heavy atom. The summed E-state index contributed by atoms with van der Waals surface area (Å²) >= 11 is 0. The maximum atomic E-state index is 13.2. The molecule has 5 rings (SSSR count). The number of rotatable bonds is 6. The molecule has 4 aliphatic rings. The molecule has 4 fully saturated rings. The Morgan fingerprint density at radius 3 is 1.97 bits per heavy atom. The van der Waals surface area contributed by atoms with Gasteiger partial charge in [-0.15, -0.1) is 13.2 Å². The van der Waals surface area contributed by atoms with E-state index >= 15 is 0 Å². The van der Waals surface area contributed by atoms with Crippen molar-refractivity contribution >= 4 is 15.9 Å². The van der Waals surface area contributed by atoms with E-state index in [9.17, 15) is 26.4 Å². The lowest BCUT2D eigenvalue weighted by Gasteiger charge is -2.54. The number of likely N-dealkylation sites (N-methyl/N-ethyl adjacent to an activating group) is 1.